The normalized spacial score (nSPS) is 20.0. The Bertz CT molecular complexity index is 657. The second kappa shape index (κ2) is 9.54. The van der Waals surface area contributed by atoms with Crippen LogP contribution in [0.3, 0.4) is 0 Å². The van der Waals surface area contributed by atoms with E-state index >= 15 is 0 Å². The molecule has 1 saturated carbocycles. The third-order valence-electron chi connectivity index (χ3n) is 6.04. The van der Waals surface area contributed by atoms with Gasteiger partial charge in [-0.1, -0.05) is 31.7 Å². The van der Waals surface area contributed by atoms with E-state index in [4.69, 9.17) is 4.74 Å². The van der Waals surface area contributed by atoms with Crippen LogP contribution >= 0.6 is 0 Å². The number of alkyl halides is 2. The van der Waals surface area contributed by atoms with Crippen LogP contribution in [-0.2, 0) is 0 Å². The molecule has 5 nitrogen and oxygen atoms in total. The zero-order valence-electron chi connectivity index (χ0n) is 16.5. The molecule has 2 fully saturated rings. The van der Waals surface area contributed by atoms with Crippen LogP contribution in [0.15, 0.2) is 18.2 Å². The lowest BCUT2D eigenvalue weighted by molar-refractivity contribution is -0.0515. The van der Waals surface area contributed by atoms with Crippen LogP contribution < -0.4 is 14.8 Å². The quantitative estimate of drug-likeness (QED) is 0.750. The van der Waals surface area contributed by atoms with Gasteiger partial charge in [0, 0.05) is 12.1 Å². The van der Waals surface area contributed by atoms with Gasteiger partial charge in [0.15, 0.2) is 11.5 Å². The lowest BCUT2D eigenvalue weighted by atomic mass is 9.79. The number of para-hydroxylation sites is 1. The van der Waals surface area contributed by atoms with Gasteiger partial charge in [-0.05, 0) is 50.9 Å². The average molecular weight is 396 g/mol. The number of benzene rings is 1. The molecule has 0 bridgehead atoms. The molecule has 0 radical (unpaired) electrons. The molecule has 156 valence electrons. The molecule has 1 N–H and O–H groups in total. The highest BCUT2D eigenvalue weighted by atomic mass is 19.3. The average Bonchev–Trinajstić information content (AvgIpc) is 2.73. The van der Waals surface area contributed by atoms with E-state index in [1.807, 2.05) is 0 Å². The van der Waals surface area contributed by atoms with Gasteiger partial charge < -0.3 is 14.8 Å². The Kier molecular flexibility index (Phi) is 7.10. The van der Waals surface area contributed by atoms with E-state index in [0.29, 0.717) is 6.54 Å². The summed E-state index contributed by atoms with van der Waals surface area (Å²) in [5.41, 5.74) is 0.0426. The molecule has 1 saturated heterocycles. The predicted octanol–water partition coefficient (Wildman–Crippen LogP) is 4.22. The summed E-state index contributed by atoms with van der Waals surface area (Å²) >= 11 is 0. The largest absolute Gasteiger partial charge is 0.493 e. The van der Waals surface area contributed by atoms with Gasteiger partial charge >= 0.3 is 6.61 Å². The van der Waals surface area contributed by atoms with Gasteiger partial charge in [0.05, 0.1) is 12.7 Å². The molecule has 1 aromatic carbocycles. The smallest absolute Gasteiger partial charge is 0.387 e. The van der Waals surface area contributed by atoms with E-state index in [9.17, 15) is 13.6 Å². The molecule has 1 heterocycles. The van der Waals surface area contributed by atoms with E-state index in [2.05, 4.69) is 15.0 Å². The number of ether oxygens (including phenoxy) is 2. The highest BCUT2D eigenvalue weighted by Crippen LogP contribution is 2.36. The topological polar surface area (TPSA) is 50.8 Å². The number of piperidine rings is 1. The van der Waals surface area contributed by atoms with E-state index in [1.165, 1.54) is 44.9 Å². The van der Waals surface area contributed by atoms with Gasteiger partial charge in [-0.2, -0.15) is 8.78 Å². The number of nitrogens with one attached hydrogen (secondary N) is 1. The van der Waals surface area contributed by atoms with Gasteiger partial charge in [0.2, 0.25) is 0 Å². The molecule has 0 unspecified atom stereocenters. The van der Waals surface area contributed by atoms with Crippen molar-refractivity contribution < 1.29 is 23.0 Å². The van der Waals surface area contributed by atoms with Crippen molar-refractivity contribution in [2.45, 2.75) is 63.5 Å². The number of amides is 1. The van der Waals surface area contributed by atoms with Crippen LogP contribution in [-0.4, -0.2) is 49.7 Å². The van der Waals surface area contributed by atoms with Crippen LogP contribution in [0.25, 0.3) is 0 Å². The molecule has 1 aromatic rings. The van der Waals surface area contributed by atoms with Gasteiger partial charge in [-0.15, -0.1) is 0 Å². The van der Waals surface area contributed by atoms with Crippen LogP contribution in [0, 0.1) is 0 Å². The number of carbonyl (C=O) groups excluding carboxylic acids is 1. The van der Waals surface area contributed by atoms with Gasteiger partial charge in [-0.3, -0.25) is 9.69 Å². The Morgan fingerprint density at radius 2 is 1.82 bits per heavy atom. The zero-order valence-corrected chi connectivity index (χ0v) is 16.5. The minimum absolute atomic E-state index is 0.0308. The summed E-state index contributed by atoms with van der Waals surface area (Å²) in [5.74, 6) is -0.499. The van der Waals surface area contributed by atoms with Crippen molar-refractivity contribution in [2.24, 2.45) is 0 Å². The third-order valence-corrected chi connectivity index (χ3v) is 6.04. The maximum atomic E-state index is 12.9. The molecule has 1 aliphatic heterocycles. The fourth-order valence-electron chi connectivity index (χ4n) is 4.59. The summed E-state index contributed by atoms with van der Waals surface area (Å²) in [7, 11) is 1.36. The number of nitrogens with zero attached hydrogens (tertiary/aromatic N) is 1. The first kappa shape index (κ1) is 20.8. The van der Waals surface area contributed by atoms with Crippen LogP contribution in [0.1, 0.15) is 61.7 Å². The molecule has 7 heteroatoms. The maximum Gasteiger partial charge on any atom is 0.387 e. The van der Waals surface area contributed by atoms with Crippen molar-refractivity contribution >= 4 is 5.91 Å². The molecule has 1 aliphatic carbocycles. The molecule has 0 aromatic heterocycles. The maximum absolute atomic E-state index is 12.9. The van der Waals surface area contributed by atoms with Gasteiger partial charge in [-0.25, -0.2) is 0 Å². The monoisotopic (exact) mass is 396 g/mol. The lowest BCUT2D eigenvalue weighted by Gasteiger charge is -2.48. The molecule has 1 amide bonds. The summed E-state index contributed by atoms with van der Waals surface area (Å²) < 4.78 is 35.4. The van der Waals surface area contributed by atoms with Gasteiger partial charge in [0.1, 0.15) is 0 Å². The highest BCUT2D eigenvalue weighted by Gasteiger charge is 2.38. The molecule has 2 aliphatic rings. The first-order valence-corrected chi connectivity index (χ1v) is 10.2. The Balaban J connectivity index is 1.76. The van der Waals surface area contributed by atoms with Crippen molar-refractivity contribution in [3.63, 3.8) is 0 Å². The first-order valence-electron chi connectivity index (χ1n) is 10.2. The predicted molar refractivity (Wildman–Crippen MR) is 103 cm³/mol. The minimum Gasteiger partial charge on any atom is -0.493 e. The second-order valence-corrected chi connectivity index (χ2v) is 7.73. The van der Waals surface area contributed by atoms with Crippen LogP contribution in [0.5, 0.6) is 11.5 Å². The summed E-state index contributed by atoms with van der Waals surface area (Å²) in [6.07, 6.45) is 9.31. The number of likely N-dealkylation sites (tertiary alicyclic amines) is 1. The Hall–Kier alpha value is -1.89. The number of carbonyl (C=O) groups is 1. The van der Waals surface area contributed by atoms with E-state index < -0.39 is 12.5 Å². The number of hydrogen-bond acceptors (Lipinski definition) is 4. The van der Waals surface area contributed by atoms with Gasteiger partial charge in [0.25, 0.3) is 5.91 Å². The third kappa shape index (κ3) is 4.74. The lowest BCUT2D eigenvalue weighted by Crippen LogP contribution is -2.58. The fraction of sp³-hybridized carbons (Fsp3) is 0.667. The van der Waals surface area contributed by atoms with Crippen molar-refractivity contribution in [3.05, 3.63) is 23.8 Å². The first-order chi connectivity index (χ1) is 13.6. The summed E-state index contributed by atoms with van der Waals surface area (Å²) in [5, 5.41) is 3.01. The van der Waals surface area contributed by atoms with Crippen LogP contribution in [0.2, 0.25) is 0 Å². The molecule has 3 rings (SSSR count). The van der Waals surface area contributed by atoms with E-state index in [0.717, 1.165) is 38.8 Å². The Morgan fingerprint density at radius 3 is 2.46 bits per heavy atom. The van der Waals surface area contributed by atoms with Crippen molar-refractivity contribution in [1.82, 2.24) is 10.2 Å². The minimum atomic E-state index is -3.03. The number of halogens is 2. The second-order valence-electron chi connectivity index (χ2n) is 7.73. The Labute approximate surface area is 165 Å². The Morgan fingerprint density at radius 1 is 1.14 bits per heavy atom. The SMILES string of the molecule is COc1cccc(C(=O)NCC2(N3CCCCC3)CCCCC2)c1OC(F)F. The van der Waals surface area contributed by atoms with Crippen molar-refractivity contribution in [1.29, 1.82) is 0 Å². The van der Waals surface area contributed by atoms with E-state index in [1.54, 1.807) is 6.07 Å². The zero-order chi connectivity index (χ0) is 20.0. The molecular weight excluding hydrogens is 366 g/mol. The number of hydrogen-bond donors (Lipinski definition) is 1. The van der Waals surface area contributed by atoms with Crippen molar-refractivity contribution in [2.75, 3.05) is 26.7 Å². The fourth-order valence-corrected chi connectivity index (χ4v) is 4.59. The van der Waals surface area contributed by atoms with Crippen LogP contribution in [0.4, 0.5) is 8.78 Å². The summed E-state index contributed by atoms with van der Waals surface area (Å²) in [6, 6.07) is 4.60. The van der Waals surface area contributed by atoms with Crippen molar-refractivity contribution in [3.8, 4) is 11.5 Å². The summed E-state index contributed by atoms with van der Waals surface area (Å²) in [6.45, 7) is -0.373. The molecule has 28 heavy (non-hydrogen) atoms. The molecule has 0 spiro atoms. The molecule has 0 atom stereocenters. The van der Waals surface area contributed by atoms with E-state index in [-0.39, 0.29) is 22.6 Å². The number of rotatable bonds is 7. The highest BCUT2D eigenvalue weighted by molar-refractivity contribution is 5.97. The number of methoxy groups -OCH3 is 1. The summed E-state index contributed by atoms with van der Waals surface area (Å²) in [4.78, 5) is 15.4. The standard InChI is InChI=1S/C21H30F2N2O3/c1-27-17-10-8-9-16(18(17)28-20(22)23)19(26)24-15-21(11-4-2-5-12-21)25-13-6-3-7-14-25/h8-10,20H,2-7,11-15H2,1H3,(H,24,26). The molecular formula is C21H30F2N2O3.